The van der Waals surface area contributed by atoms with Crippen molar-refractivity contribution in [3.63, 3.8) is 0 Å². The lowest BCUT2D eigenvalue weighted by Gasteiger charge is -2.33. The highest BCUT2D eigenvalue weighted by molar-refractivity contribution is 7.89. The third kappa shape index (κ3) is 4.99. The van der Waals surface area contributed by atoms with Crippen molar-refractivity contribution in [3.8, 4) is 0 Å². The molecule has 0 aliphatic carbocycles. The molecule has 1 saturated heterocycles. The SMILES string of the molecule is CCS(=O)(=O)NC1CCN(c2ccnc(Cc3ccccc3)n2)CC1. The fourth-order valence-corrected chi connectivity index (χ4v) is 3.90. The van der Waals surface area contributed by atoms with Crippen LogP contribution in [-0.4, -0.2) is 43.3 Å². The quantitative estimate of drug-likeness (QED) is 0.852. The van der Waals surface area contributed by atoms with Gasteiger partial charge in [-0.2, -0.15) is 0 Å². The molecule has 2 aromatic rings. The summed E-state index contributed by atoms with van der Waals surface area (Å²) < 4.78 is 26.2. The summed E-state index contributed by atoms with van der Waals surface area (Å²) in [6.07, 6.45) is 4.09. The van der Waals surface area contributed by atoms with Crippen LogP contribution in [-0.2, 0) is 16.4 Å². The molecule has 7 heteroatoms. The monoisotopic (exact) mass is 360 g/mol. The summed E-state index contributed by atoms with van der Waals surface area (Å²) in [4.78, 5) is 11.3. The Bertz CT molecular complexity index is 788. The lowest BCUT2D eigenvalue weighted by atomic mass is 10.1. The number of nitrogens with zero attached hydrogens (tertiary/aromatic N) is 3. The Labute approximate surface area is 149 Å². The highest BCUT2D eigenvalue weighted by Gasteiger charge is 2.23. The van der Waals surface area contributed by atoms with Crippen LogP contribution in [0, 0.1) is 0 Å². The van der Waals surface area contributed by atoms with Crippen LogP contribution in [0.5, 0.6) is 0 Å². The van der Waals surface area contributed by atoms with Crippen molar-refractivity contribution in [1.29, 1.82) is 0 Å². The van der Waals surface area contributed by atoms with Gasteiger partial charge in [-0.05, 0) is 31.4 Å². The van der Waals surface area contributed by atoms with Crippen molar-refractivity contribution in [2.75, 3.05) is 23.7 Å². The molecular weight excluding hydrogens is 336 g/mol. The summed E-state index contributed by atoms with van der Waals surface area (Å²) in [6, 6.07) is 12.1. The van der Waals surface area contributed by atoms with Gasteiger partial charge in [0.1, 0.15) is 11.6 Å². The van der Waals surface area contributed by atoms with Gasteiger partial charge < -0.3 is 4.90 Å². The van der Waals surface area contributed by atoms with E-state index in [4.69, 9.17) is 0 Å². The maximum atomic E-state index is 11.7. The van der Waals surface area contributed by atoms with Crippen LogP contribution in [0.25, 0.3) is 0 Å². The molecule has 1 aliphatic rings. The van der Waals surface area contributed by atoms with E-state index in [2.05, 4.69) is 31.7 Å². The van der Waals surface area contributed by atoms with Crippen LogP contribution in [0.15, 0.2) is 42.6 Å². The van der Waals surface area contributed by atoms with E-state index in [1.54, 1.807) is 13.1 Å². The van der Waals surface area contributed by atoms with Gasteiger partial charge in [0.2, 0.25) is 10.0 Å². The first-order chi connectivity index (χ1) is 12.1. The van der Waals surface area contributed by atoms with Crippen molar-refractivity contribution < 1.29 is 8.42 Å². The molecule has 0 atom stereocenters. The van der Waals surface area contributed by atoms with Gasteiger partial charge >= 0.3 is 0 Å². The smallest absolute Gasteiger partial charge is 0.211 e. The minimum absolute atomic E-state index is 0.0202. The summed E-state index contributed by atoms with van der Waals surface area (Å²) in [6.45, 7) is 3.24. The van der Waals surface area contributed by atoms with E-state index >= 15 is 0 Å². The van der Waals surface area contributed by atoms with Gasteiger partial charge in [0.25, 0.3) is 0 Å². The third-order valence-corrected chi connectivity index (χ3v) is 5.89. The van der Waals surface area contributed by atoms with Crippen LogP contribution in [0.1, 0.15) is 31.2 Å². The van der Waals surface area contributed by atoms with E-state index in [1.165, 1.54) is 5.56 Å². The maximum Gasteiger partial charge on any atom is 0.211 e. The van der Waals surface area contributed by atoms with Gasteiger partial charge in [0.15, 0.2) is 0 Å². The minimum Gasteiger partial charge on any atom is -0.356 e. The van der Waals surface area contributed by atoms with E-state index in [9.17, 15) is 8.42 Å². The fraction of sp³-hybridized carbons (Fsp3) is 0.444. The predicted molar refractivity (Wildman–Crippen MR) is 99.1 cm³/mol. The topological polar surface area (TPSA) is 75.2 Å². The molecule has 2 heterocycles. The standard InChI is InChI=1S/C18H24N4O2S/c1-2-25(23,24)21-16-9-12-22(13-10-16)18-8-11-19-17(20-18)14-15-6-4-3-5-7-15/h3-8,11,16,21H,2,9-10,12-14H2,1H3. The average Bonchev–Trinajstić information content (AvgIpc) is 2.63. The molecule has 0 saturated carbocycles. The van der Waals surface area contributed by atoms with Gasteiger partial charge in [-0.15, -0.1) is 0 Å². The zero-order chi connectivity index (χ0) is 17.7. The summed E-state index contributed by atoms with van der Waals surface area (Å²) >= 11 is 0. The molecule has 1 N–H and O–H groups in total. The van der Waals surface area contributed by atoms with E-state index in [0.29, 0.717) is 6.42 Å². The zero-order valence-corrected chi connectivity index (χ0v) is 15.2. The molecule has 0 radical (unpaired) electrons. The Morgan fingerprint density at radius 2 is 1.88 bits per heavy atom. The Balaban J connectivity index is 1.61. The van der Waals surface area contributed by atoms with Crippen molar-refractivity contribution in [3.05, 3.63) is 54.0 Å². The number of hydrogen-bond acceptors (Lipinski definition) is 5. The maximum absolute atomic E-state index is 11.7. The first kappa shape index (κ1) is 17.8. The van der Waals surface area contributed by atoms with E-state index in [1.807, 2.05) is 24.3 Å². The molecule has 1 aliphatic heterocycles. The van der Waals surface area contributed by atoms with Gasteiger partial charge in [-0.1, -0.05) is 30.3 Å². The van der Waals surface area contributed by atoms with Crippen LogP contribution in [0.2, 0.25) is 0 Å². The predicted octanol–water partition coefficient (Wildman–Crippen LogP) is 1.98. The van der Waals surface area contributed by atoms with Crippen molar-refractivity contribution in [1.82, 2.24) is 14.7 Å². The molecule has 0 amide bonds. The summed E-state index contributed by atoms with van der Waals surface area (Å²) in [5.41, 5.74) is 1.19. The highest BCUT2D eigenvalue weighted by atomic mass is 32.2. The second-order valence-electron chi connectivity index (χ2n) is 6.28. The van der Waals surface area contributed by atoms with Crippen molar-refractivity contribution in [2.24, 2.45) is 0 Å². The Morgan fingerprint density at radius 3 is 2.56 bits per heavy atom. The minimum atomic E-state index is -3.14. The van der Waals surface area contributed by atoms with Crippen molar-refractivity contribution in [2.45, 2.75) is 32.2 Å². The van der Waals surface area contributed by atoms with Crippen LogP contribution in [0.4, 0.5) is 5.82 Å². The molecule has 1 aromatic carbocycles. The summed E-state index contributed by atoms with van der Waals surface area (Å²) in [5.74, 6) is 1.84. The molecule has 6 nitrogen and oxygen atoms in total. The Kier molecular flexibility index (Phi) is 5.65. The third-order valence-electron chi connectivity index (χ3n) is 4.44. The largest absolute Gasteiger partial charge is 0.356 e. The Morgan fingerprint density at radius 1 is 1.16 bits per heavy atom. The summed E-state index contributed by atoms with van der Waals surface area (Å²) in [7, 11) is -3.14. The van der Waals surface area contributed by atoms with E-state index < -0.39 is 10.0 Å². The first-order valence-electron chi connectivity index (χ1n) is 8.66. The second kappa shape index (κ2) is 7.93. The van der Waals surface area contributed by atoms with Crippen LogP contribution >= 0.6 is 0 Å². The number of anilines is 1. The molecule has 0 bridgehead atoms. The van der Waals surface area contributed by atoms with Gasteiger partial charge in [0.05, 0.1) is 5.75 Å². The normalized spacial score (nSPS) is 16.1. The number of benzene rings is 1. The van der Waals surface area contributed by atoms with Crippen molar-refractivity contribution >= 4 is 15.8 Å². The van der Waals surface area contributed by atoms with Crippen LogP contribution < -0.4 is 9.62 Å². The number of nitrogens with one attached hydrogen (secondary N) is 1. The zero-order valence-electron chi connectivity index (χ0n) is 14.4. The van der Waals surface area contributed by atoms with Gasteiger partial charge in [0, 0.05) is 31.7 Å². The average molecular weight is 360 g/mol. The highest BCUT2D eigenvalue weighted by Crippen LogP contribution is 2.19. The van der Waals surface area contributed by atoms with Gasteiger partial charge in [-0.3, -0.25) is 0 Å². The van der Waals surface area contributed by atoms with E-state index in [-0.39, 0.29) is 11.8 Å². The number of rotatable bonds is 6. The molecule has 134 valence electrons. The van der Waals surface area contributed by atoms with Gasteiger partial charge in [-0.25, -0.2) is 23.1 Å². The molecule has 0 spiro atoms. The molecule has 1 aromatic heterocycles. The lowest BCUT2D eigenvalue weighted by Crippen LogP contribution is -2.45. The number of aromatic nitrogens is 2. The number of hydrogen-bond donors (Lipinski definition) is 1. The van der Waals surface area contributed by atoms with Crippen LogP contribution in [0.3, 0.4) is 0 Å². The lowest BCUT2D eigenvalue weighted by molar-refractivity contribution is 0.458. The second-order valence-corrected chi connectivity index (χ2v) is 8.32. The Hall–Kier alpha value is -1.99. The van der Waals surface area contributed by atoms with E-state index in [0.717, 1.165) is 37.6 Å². The molecular formula is C18H24N4O2S. The number of sulfonamides is 1. The molecule has 3 rings (SSSR count). The summed E-state index contributed by atoms with van der Waals surface area (Å²) in [5, 5.41) is 0. The fourth-order valence-electron chi connectivity index (χ4n) is 2.99. The molecule has 25 heavy (non-hydrogen) atoms. The molecule has 1 fully saturated rings. The number of piperidine rings is 1. The molecule has 0 unspecified atom stereocenters. The first-order valence-corrected chi connectivity index (χ1v) is 10.3.